The summed E-state index contributed by atoms with van der Waals surface area (Å²) in [6.07, 6.45) is 1.37. The lowest BCUT2D eigenvalue weighted by atomic mass is 10.2. The average Bonchev–Trinajstić information content (AvgIpc) is 2.45. The maximum absolute atomic E-state index is 11.6. The third-order valence-corrected chi connectivity index (χ3v) is 3.10. The number of aromatic nitrogens is 2. The summed E-state index contributed by atoms with van der Waals surface area (Å²) in [5.41, 5.74) is 4.12. The van der Waals surface area contributed by atoms with Crippen LogP contribution in [0.2, 0.25) is 0 Å². The molecule has 3 rings (SSSR count). The summed E-state index contributed by atoms with van der Waals surface area (Å²) in [5.74, 6) is 0.0283. The van der Waals surface area contributed by atoms with Gasteiger partial charge < -0.3 is 5.32 Å². The summed E-state index contributed by atoms with van der Waals surface area (Å²) in [7, 11) is 0. The Labute approximate surface area is 116 Å². The van der Waals surface area contributed by atoms with Crippen molar-refractivity contribution in [1.82, 2.24) is 9.97 Å². The zero-order valence-electron chi connectivity index (χ0n) is 11.3. The van der Waals surface area contributed by atoms with Crippen molar-refractivity contribution in [2.45, 2.75) is 19.8 Å². The van der Waals surface area contributed by atoms with Gasteiger partial charge in [0.15, 0.2) is 0 Å². The molecule has 1 amide bonds. The van der Waals surface area contributed by atoms with Gasteiger partial charge in [-0.25, -0.2) is 9.97 Å². The molecular weight excluding hydrogens is 250 g/mol. The smallest absolute Gasteiger partial charge is 0.224 e. The van der Waals surface area contributed by atoms with Crippen LogP contribution in [-0.4, -0.2) is 15.9 Å². The van der Waals surface area contributed by atoms with E-state index in [4.69, 9.17) is 0 Å². The van der Waals surface area contributed by atoms with Gasteiger partial charge in [0.25, 0.3) is 0 Å². The lowest BCUT2D eigenvalue weighted by Gasteiger charge is -2.06. The lowest BCUT2D eigenvalue weighted by Crippen LogP contribution is -2.10. The number of carbonyl (C=O) groups is 1. The van der Waals surface area contributed by atoms with Gasteiger partial charge in [-0.05, 0) is 36.8 Å². The van der Waals surface area contributed by atoms with Crippen LogP contribution in [0.15, 0.2) is 42.5 Å². The first kappa shape index (κ1) is 12.5. The first-order valence-electron chi connectivity index (χ1n) is 6.72. The zero-order valence-corrected chi connectivity index (χ0v) is 11.3. The molecule has 4 nitrogen and oxygen atoms in total. The van der Waals surface area contributed by atoms with Crippen LogP contribution >= 0.6 is 0 Å². The van der Waals surface area contributed by atoms with Crippen LogP contribution in [0.25, 0.3) is 22.1 Å². The molecule has 0 aliphatic carbocycles. The van der Waals surface area contributed by atoms with Crippen molar-refractivity contribution >= 4 is 33.7 Å². The van der Waals surface area contributed by atoms with E-state index in [1.54, 1.807) is 0 Å². The molecule has 4 heteroatoms. The molecule has 0 aliphatic rings. The summed E-state index contributed by atoms with van der Waals surface area (Å²) in [4.78, 5) is 20.8. The van der Waals surface area contributed by atoms with Crippen LogP contribution in [0, 0.1) is 0 Å². The van der Waals surface area contributed by atoms with Crippen LogP contribution in [0.3, 0.4) is 0 Å². The van der Waals surface area contributed by atoms with E-state index < -0.39 is 0 Å². The molecule has 20 heavy (non-hydrogen) atoms. The van der Waals surface area contributed by atoms with Crippen molar-refractivity contribution in [3.05, 3.63) is 42.5 Å². The second-order valence-corrected chi connectivity index (χ2v) is 4.71. The third kappa shape index (κ3) is 2.45. The first-order chi connectivity index (χ1) is 9.76. The van der Waals surface area contributed by atoms with Gasteiger partial charge in [0.2, 0.25) is 5.91 Å². The minimum Gasteiger partial charge on any atom is -0.326 e. The van der Waals surface area contributed by atoms with Crippen LogP contribution < -0.4 is 5.32 Å². The summed E-state index contributed by atoms with van der Waals surface area (Å²) < 4.78 is 0. The Bertz CT molecular complexity index is 783. The molecule has 1 N–H and O–H groups in total. The topological polar surface area (TPSA) is 54.9 Å². The number of anilines is 1. The van der Waals surface area contributed by atoms with Crippen molar-refractivity contribution in [3.63, 3.8) is 0 Å². The normalized spacial score (nSPS) is 10.8. The predicted molar refractivity (Wildman–Crippen MR) is 80.6 cm³/mol. The molecule has 0 radical (unpaired) electrons. The zero-order chi connectivity index (χ0) is 13.9. The number of hydrogen-bond acceptors (Lipinski definition) is 3. The molecule has 0 unspecified atom stereocenters. The Morgan fingerprint density at radius 3 is 2.35 bits per heavy atom. The molecule has 1 aromatic heterocycles. The molecule has 3 aromatic rings. The second kappa shape index (κ2) is 5.25. The van der Waals surface area contributed by atoms with Crippen LogP contribution in [0.5, 0.6) is 0 Å². The van der Waals surface area contributed by atoms with Crippen molar-refractivity contribution in [3.8, 4) is 0 Å². The summed E-state index contributed by atoms with van der Waals surface area (Å²) in [6, 6.07) is 13.4. The number of para-hydroxylation sites is 2. The number of hydrogen-bond donors (Lipinski definition) is 1. The van der Waals surface area contributed by atoms with E-state index in [0.29, 0.717) is 6.42 Å². The predicted octanol–water partition coefficient (Wildman–Crippen LogP) is 3.52. The van der Waals surface area contributed by atoms with Gasteiger partial charge in [-0.3, -0.25) is 4.79 Å². The van der Waals surface area contributed by atoms with Crippen molar-refractivity contribution in [2.75, 3.05) is 5.32 Å². The van der Waals surface area contributed by atoms with E-state index in [1.165, 1.54) is 0 Å². The van der Waals surface area contributed by atoms with Gasteiger partial charge >= 0.3 is 0 Å². The van der Waals surface area contributed by atoms with E-state index in [9.17, 15) is 4.79 Å². The van der Waals surface area contributed by atoms with Crippen molar-refractivity contribution in [1.29, 1.82) is 0 Å². The molecule has 0 bridgehead atoms. The van der Waals surface area contributed by atoms with E-state index in [1.807, 2.05) is 49.4 Å². The Hall–Kier alpha value is -2.49. The van der Waals surface area contributed by atoms with Gasteiger partial charge in [0.1, 0.15) is 0 Å². The van der Waals surface area contributed by atoms with E-state index >= 15 is 0 Å². The number of fused-ring (bicyclic) bond motifs is 2. The molecule has 2 aromatic carbocycles. The molecule has 0 spiro atoms. The number of benzene rings is 2. The number of nitrogens with one attached hydrogen (secondary N) is 1. The largest absolute Gasteiger partial charge is 0.326 e. The Morgan fingerprint density at radius 2 is 1.65 bits per heavy atom. The monoisotopic (exact) mass is 265 g/mol. The SMILES string of the molecule is CCCC(=O)Nc1ccc2nc3ccccc3nc2c1. The van der Waals surface area contributed by atoms with Gasteiger partial charge in [-0.1, -0.05) is 19.1 Å². The highest BCUT2D eigenvalue weighted by Gasteiger charge is 2.04. The minimum absolute atomic E-state index is 0.0283. The fraction of sp³-hybridized carbons (Fsp3) is 0.188. The van der Waals surface area contributed by atoms with Gasteiger partial charge in [-0.15, -0.1) is 0 Å². The van der Waals surface area contributed by atoms with Gasteiger partial charge in [0, 0.05) is 12.1 Å². The fourth-order valence-corrected chi connectivity index (χ4v) is 2.15. The summed E-state index contributed by atoms with van der Waals surface area (Å²) in [6.45, 7) is 1.98. The maximum Gasteiger partial charge on any atom is 0.224 e. The molecule has 0 fully saturated rings. The molecular formula is C16H15N3O. The second-order valence-electron chi connectivity index (χ2n) is 4.71. The molecule has 0 atom stereocenters. The molecule has 0 aliphatic heterocycles. The van der Waals surface area contributed by atoms with Crippen LogP contribution in [0.4, 0.5) is 5.69 Å². The fourth-order valence-electron chi connectivity index (χ4n) is 2.15. The van der Waals surface area contributed by atoms with Gasteiger partial charge in [-0.2, -0.15) is 0 Å². The Morgan fingerprint density at radius 1 is 1.00 bits per heavy atom. The highest BCUT2D eigenvalue weighted by Crippen LogP contribution is 2.19. The molecule has 1 heterocycles. The van der Waals surface area contributed by atoms with Gasteiger partial charge in [0.05, 0.1) is 22.1 Å². The average molecular weight is 265 g/mol. The number of rotatable bonds is 3. The Kier molecular flexibility index (Phi) is 3.29. The number of carbonyl (C=O) groups excluding carboxylic acids is 1. The molecule has 0 saturated heterocycles. The van der Waals surface area contributed by atoms with E-state index in [2.05, 4.69) is 15.3 Å². The third-order valence-electron chi connectivity index (χ3n) is 3.10. The quantitative estimate of drug-likeness (QED) is 0.737. The minimum atomic E-state index is 0.0283. The number of amides is 1. The first-order valence-corrected chi connectivity index (χ1v) is 6.72. The Balaban J connectivity index is 2.01. The van der Waals surface area contributed by atoms with E-state index in [-0.39, 0.29) is 5.91 Å². The summed E-state index contributed by atoms with van der Waals surface area (Å²) >= 11 is 0. The van der Waals surface area contributed by atoms with Crippen molar-refractivity contribution < 1.29 is 4.79 Å². The molecule has 100 valence electrons. The van der Waals surface area contributed by atoms with E-state index in [0.717, 1.165) is 34.2 Å². The molecule has 0 saturated carbocycles. The highest BCUT2D eigenvalue weighted by molar-refractivity contribution is 5.94. The van der Waals surface area contributed by atoms with Crippen LogP contribution in [0.1, 0.15) is 19.8 Å². The van der Waals surface area contributed by atoms with Crippen LogP contribution in [-0.2, 0) is 4.79 Å². The highest BCUT2D eigenvalue weighted by atomic mass is 16.1. The maximum atomic E-state index is 11.6. The van der Waals surface area contributed by atoms with Crippen molar-refractivity contribution in [2.24, 2.45) is 0 Å². The summed E-state index contributed by atoms with van der Waals surface area (Å²) in [5, 5.41) is 2.88. The standard InChI is InChI=1S/C16H15N3O/c1-2-5-16(20)17-11-8-9-14-15(10-11)19-13-7-4-3-6-12(13)18-14/h3-4,6-10H,2,5H2,1H3,(H,17,20). The number of nitrogens with zero attached hydrogens (tertiary/aromatic N) is 2. The lowest BCUT2D eigenvalue weighted by molar-refractivity contribution is -0.116.